The lowest BCUT2D eigenvalue weighted by Crippen LogP contribution is -2.09. The maximum absolute atomic E-state index is 16.4. The van der Waals surface area contributed by atoms with Crippen LogP contribution in [0.3, 0.4) is 0 Å². The fourth-order valence-corrected chi connectivity index (χ4v) is 11.3. The first-order valence-electron chi connectivity index (χ1n) is 23.0. The van der Waals surface area contributed by atoms with Crippen molar-refractivity contribution in [3.63, 3.8) is 0 Å². The van der Waals surface area contributed by atoms with E-state index in [1.807, 2.05) is 138 Å². The number of nitriles is 1. The van der Waals surface area contributed by atoms with E-state index in [0.717, 1.165) is 87.6 Å². The van der Waals surface area contributed by atoms with Crippen molar-refractivity contribution in [1.82, 2.24) is 18.3 Å². The van der Waals surface area contributed by atoms with Gasteiger partial charge in [0.15, 0.2) is 23.3 Å². The normalized spacial score (nSPS) is 12.0. The largest absolute Gasteiger partial charge is 0.307 e. The van der Waals surface area contributed by atoms with E-state index in [-0.39, 0.29) is 5.56 Å². The van der Waals surface area contributed by atoms with E-state index < -0.39 is 40.2 Å². The molecule has 4 heterocycles. The molecule has 71 heavy (non-hydrogen) atoms. The Bertz CT molecular complexity index is 4620. The lowest BCUT2D eigenvalue weighted by molar-refractivity contribution is 0.381. The molecule has 0 saturated heterocycles. The second-order valence-corrected chi connectivity index (χ2v) is 17.7. The number of para-hydroxylation sites is 6. The van der Waals surface area contributed by atoms with Crippen molar-refractivity contribution in [1.29, 1.82) is 5.26 Å². The summed E-state index contributed by atoms with van der Waals surface area (Å²) in [5, 5.41) is 18.4. The monoisotopic (exact) mass is 929 g/mol. The second kappa shape index (κ2) is 15.0. The van der Waals surface area contributed by atoms with E-state index in [4.69, 9.17) is 0 Å². The van der Waals surface area contributed by atoms with E-state index in [2.05, 4.69) is 68.3 Å². The lowest BCUT2D eigenvalue weighted by Gasteiger charge is -2.21. The van der Waals surface area contributed by atoms with Crippen LogP contribution in [0.4, 0.5) is 22.0 Å². The average molecular weight is 930 g/mol. The average Bonchev–Trinajstić information content (AvgIpc) is 4.15. The van der Waals surface area contributed by atoms with Crippen LogP contribution in [0.2, 0.25) is 0 Å². The number of halogens is 5. The third kappa shape index (κ3) is 5.48. The van der Waals surface area contributed by atoms with Crippen LogP contribution in [0, 0.1) is 40.4 Å². The van der Waals surface area contributed by atoms with Crippen LogP contribution in [-0.4, -0.2) is 18.3 Å². The molecule has 10 aromatic carbocycles. The van der Waals surface area contributed by atoms with Crippen LogP contribution in [0.15, 0.2) is 194 Å². The molecule has 0 aliphatic heterocycles. The number of benzene rings is 10. The van der Waals surface area contributed by atoms with Gasteiger partial charge >= 0.3 is 0 Å². The number of hydrogen-bond acceptors (Lipinski definition) is 1. The lowest BCUT2D eigenvalue weighted by atomic mass is 9.96. The Labute approximate surface area is 399 Å². The number of aromatic nitrogens is 4. The summed E-state index contributed by atoms with van der Waals surface area (Å²) in [7, 11) is 0. The molecule has 4 aromatic heterocycles. The standard InChI is InChI=1S/C61H32F5N5/c62-53-52(54(63)56(65)57(66)55(53)64)45-32-51(71-49-26-14-10-22-40(49)44-30-28-42-38-20-8-12-24-47(38)69(59(42)61(44)71)36-17-5-2-6-18-36)50(31-34(45)33-67)70-48-25-13-9-21-39(48)43-29-27-41-37-19-7-11-23-46(37)68(58(41)60(43)70)35-15-3-1-4-16-35/h1-32H. The Morgan fingerprint density at radius 1 is 0.310 bits per heavy atom. The predicted molar refractivity (Wildman–Crippen MR) is 274 cm³/mol. The number of rotatable bonds is 5. The van der Waals surface area contributed by atoms with Crippen molar-refractivity contribution < 1.29 is 22.0 Å². The molecule has 0 fully saturated rings. The van der Waals surface area contributed by atoms with Crippen LogP contribution in [0.5, 0.6) is 0 Å². The zero-order valence-corrected chi connectivity index (χ0v) is 37.1. The molecule has 14 aromatic rings. The number of fused-ring (bicyclic) bond motifs is 14. The highest BCUT2D eigenvalue weighted by Crippen LogP contribution is 2.47. The van der Waals surface area contributed by atoms with Crippen molar-refractivity contribution >= 4 is 87.2 Å². The quantitative estimate of drug-likeness (QED) is 0.0963. The minimum atomic E-state index is -2.29. The van der Waals surface area contributed by atoms with Gasteiger partial charge in [-0.2, -0.15) is 5.26 Å². The highest BCUT2D eigenvalue weighted by molar-refractivity contribution is 6.26. The van der Waals surface area contributed by atoms with E-state index in [1.54, 1.807) is 0 Å². The first-order chi connectivity index (χ1) is 34.8. The van der Waals surface area contributed by atoms with Gasteiger partial charge in [-0.15, -0.1) is 0 Å². The predicted octanol–water partition coefficient (Wildman–Crippen LogP) is 16.3. The molecule has 0 N–H and O–H groups in total. The number of nitrogens with zero attached hydrogens (tertiary/aromatic N) is 5. The molecule has 336 valence electrons. The maximum atomic E-state index is 16.4. The van der Waals surface area contributed by atoms with Gasteiger partial charge in [-0.25, -0.2) is 22.0 Å². The summed E-state index contributed by atoms with van der Waals surface area (Å²) in [5.74, 6) is -10.6. The molecule has 5 nitrogen and oxygen atoms in total. The molecule has 0 atom stereocenters. The van der Waals surface area contributed by atoms with E-state index in [0.29, 0.717) is 22.4 Å². The Morgan fingerprint density at radius 3 is 1.00 bits per heavy atom. The van der Waals surface area contributed by atoms with Crippen LogP contribution in [-0.2, 0) is 0 Å². The Hall–Kier alpha value is -9.46. The third-order valence-electron chi connectivity index (χ3n) is 14.2. The highest BCUT2D eigenvalue weighted by atomic mass is 19.2. The van der Waals surface area contributed by atoms with Crippen molar-refractivity contribution in [2.24, 2.45) is 0 Å². The van der Waals surface area contributed by atoms with Gasteiger partial charge in [0, 0.05) is 60.0 Å². The van der Waals surface area contributed by atoms with Gasteiger partial charge in [0.05, 0.1) is 72.7 Å². The van der Waals surface area contributed by atoms with Crippen molar-refractivity contribution in [3.05, 3.63) is 229 Å². The Balaban J connectivity index is 1.25. The van der Waals surface area contributed by atoms with Gasteiger partial charge < -0.3 is 18.3 Å². The molecule has 0 aliphatic carbocycles. The molecule has 0 amide bonds. The minimum Gasteiger partial charge on any atom is -0.307 e. The smallest absolute Gasteiger partial charge is 0.200 e. The molecule has 0 radical (unpaired) electrons. The van der Waals surface area contributed by atoms with E-state index in [9.17, 15) is 9.65 Å². The topological polar surface area (TPSA) is 43.5 Å². The summed E-state index contributed by atoms with van der Waals surface area (Å²) in [6.07, 6.45) is 0. The highest BCUT2D eigenvalue weighted by Gasteiger charge is 2.32. The Kier molecular flexibility index (Phi) is 8.59. The molecule has 0 spiro atoms. The molecule has 0 saturated carbocycles. The summed E-state index contributed by atoms with van der Waals surface area (Å²) in [6.45, 7) is 0. The molecule has 14 rings (SSSR count). The first-order valence-corrected chi connectivity index (χ1v) is 23.0. The van der Waals surface area contributed by atoms with E-state index in [1.165, 1.54) is 12.1 Å². The van der Waals surface area contributed by atoms with Gasteiger partial charge in [0.25, 0.3) is 0 Å². The summed E-state index contributed by atoms with van der Waals surface area (Å²) in [4.78, 5) is 0. The maximum Gasteiger partial charge on any atom is 0.200 e. The summed E-state index contributed by atoms with van der Waals surface area (Å²) >= 11 is 0. The zero-order valence-electron chi connectivity index (χ0n) is 37.1. The van der Waals surface area contributed by atoms with Gasteiger partial charge in [0.2, 0.25) is 5.82 Å². The van der Waals surface area contributed by atoms with Crippen LogP contribution < -0.4 is 0 Å². The molecule has 0 unspecified atom stereocenters. The minimum absolute atomic E-state index is 0.307. The van der Waals surface area contributed by atoms with Crippen LogP contribution in [0.1, 0.15) is 5.56 Å². The van der Waals surface area contributed by atoms with Crippen molar-refractivity contribution in [2.75, 3.05) is 0 Å². The van der Waals surface area contributed by atoms with Crippen LogP contribution in [0.25, 0.3) is 121 Å². The van der Waals surface area contributed by atoms with E-state index >= 15 is 17.6 Å². The fourth-order valence-electron chi connectivity index (χ4n) is 11.3. The molecule has 0 aliphatic rings. The third-order valence-corrected chi connectivity index (χ3v) is 14.2. The zero-order chi connectivity index (χ0) is 47.8. The van der Waals surface area contributed by atoms with Crippen molar-refractivity contribution in [2.45, 2.75) is 0 Å². The summed E-state index contributed by atoms with van der Waals surface area (Å²) in [5.41, 5.74) is 7.00. The van der Waals surface area contributed by atoms with Crippen LogP contribution >= 0.6 is 0 Å². The molecule has 10 heteroatoms. The van der Waals surface area contributed by atoms with Gasteiger partial charge in [-0.1, -0.05) is 133 Å². The van der Waals surface area contributed by atoms with Gasteiger partial charge in [0.1, 0.15) is 0 Å². The fraction of sp³-hybridized carbons (Fsp3) is 0. The SMILES string of the molecule is N#Cc1cc(-n2c3ccccc3c3ccc4c5ccccc5n(-c5ccccc5)c4c32)c(-n2c3ccccc3c3ccc4c5ccccc5n(-c5ccccc5)c4c32)cc1-c1c(F)c(F)c(F)c(F)c1F. The van der Waals surface area contributed by atoms with Gasteiger partial charge in [-0.3, -0.25) is 0 Å². The molecular formula is C61H32F5N5. The van der Waals surface area contributed by atoms with Crippen molar-refractivity contribution in [3.8, 4) is 39.9 Å². The second-order valence-electron chi connectivity index (χ2n) is 17.7. The number of hydrogen-bond donors (Lipinski definition) is 0. The van der Waals surface area contributed by atoms with Gasteiger partial charge in [-0.05, 0) is 60.7 Å². The Morgan fingerprint density at radius 2 is 0.620 bits per heavy atom. The molecule has 0 bridgehead atoms. The summed E-state index contributed by atoms with van der Waals surface area (Å²) < 4.78 is 86.9. The first kappa shape index (κ1) is 40.6. The summed E-state index contributed by atoms with van der Waals surface area (Å²) in [6, 6.07) is 65.4. The molecular weight excluding hydrogens is 898 g/mol.